The molecule has 0 bridgehead atoms. The third-order valence-corrected chi connectivity index (χ3v) is 14.1. The van der Waals surface area contributed by atoms with Crippen molar-refractivity contribution in [1.29, 1.82) is 0 Å². The maximum atomic E-state index is 5.14. The first-order chi connectivity index (χ1) is 33.5. The minimum Gasteiger partial charge on any atom is -0.310 e. The summed E-state index contributed by atoms with van der Waals surface area (Å²) in [5.41, 5.74) is 16.2. The lowest BCUT2D eigenvalue weighted by Crippen LogP contribution is -2.16. The van der Waals surface area contributed by atoms with Gasteiger partial charge in [0.15, 0.2) is 17.5 Å². The predicted molar refractivity (Wildman–Crippen MR) is 283 cm³/mol. The van der Waals surface area contributed by atoms with Crippen LogP contribution in [0.3, 0.4) is 0 Å². The molecule has 0 fully saturated rings. The zero-order valence-corrected chi connectivity index (χ0v) is 37.7. The SMILES string of the molecule is CC1(C)c2ccccc2-c2ccc(N(c3ccc(-c4ccccc4)cc3)c3ccc(-c4ccc5ccc6c(-c7nc(-c8ccccc8)nc(-c8ccccc8)n7)ccc7ccc4c5c76)cc3)cc21. The third-order valence-electron chi connectivity index (χ3n) is 14.1. The standard InChI is InChI=1S/C64H44N4/c1-64(2)57-21-13-12-20-52(57)53-39-34-50(40-58(53)64)68(48-30-22-42(23-31-48)41-14-6-3-7-15-41)49-32-24-43(25-33-49)51-35-26-44-28-37-55-56(38-29-45-27-36-54(51)59(44)60(45)55)63-66-61(46-16-8-4-9-17-46)65-62(67-63)47-18-10-5-11-19-47/h3-40H,1-2H3. The number of anilines is 3. The molecule has 0 spiro atoms. The molecule has 4 nitrogen and oxygen atoms in total. The summed E-state index contributed by atoms with van der Waals surface area (Å²) >= 11 is 0. The van der Waals surface area contributed by atoms with Gasteiger partial charge in [0, 0.05) is 39.2 Å². The molecule has 1 aliphatic rings. The lowest BCUT2D eigenvalue weighted by molar-refractivity contribution is 0.660. The average molecular weight is 869 g/mol. The van der Waals surface area contributed by atoms with Crippen LogP contribution in [-0.2, 0) is 5.41 Å². The Labute approximate surface area is 395 Å². The first kappa shape index (κ1) is 39.6. The van der Waals surface area contributed by atoms with Gasteiger partial charge in [-0.25, -0.2) is 15.0 Å². The summed E-state index contributed by atoms with van der Waals surface area (Å²) in [6, 6.07) is 82.9. The second kappa shape index (κ2) is 15.7. The van der Waals surface area contributed by atoms with Gasteiger partial charge in [0.05, 0.1) is 0 Å². The summed E-state index contributed by atoms with van der Waals surface area (Å²) in [7, 11) is 0. The zero-order chi connectivity index (χ0) is 45.3. The molecule has 0 N–H and O–H groups in total. The second-order valence-electron chi connectivity index (χ2n) is 18.4. The van der Waals surface area contributed by atoms with Gasteiger partial charge in [-0.1, -0.05) is 202 Å². The summed E-state index contributed by atoms with van der Waals surface area (Å²) in [4.78, 5) is 17.7. The quantitative estimate of drug-likeness (QED) is 0.143. The van der Waals surface area contributed by atoms with Gasteiger partial charge in [-0.15, -0.1) is 0 Å². The molecule has 1 aromatic heterocycles. The molecule has 0 unspecified atom stereocenters. The summed E-state index contributed by atoms with van der Waals surface area (Å²) in [5.74, 6) is 1.96. The van der Waals surface area contributed by atoms with Gasteiger partial charge in [0.1, 0.15) is 0 Å². The Hall–Kier alpha value is -8.73. The highest BCUT2D eigenvalue weighted by molar-refractivity contribution is 6.27. The number of aromatic nitrogens is 3. The van der Waals surface area contributed by atoms with Crippen molar-refractivity contribution in [2.24, 2.45) is 0 Å². The Morgan fingerprint density at radius 1 is 0.309 bits per heavy atom. The van der Waals surface area contributed by atoms with Gasteiger partial charge in [-0.05, 0) is 119 Å². The molecular formula is C64H44N4. The van der Waals surface area contributed by atoms with E-state index in [0.717, 1.165) is 44.7 Å². The monoisotopic (exact) mass is 868 g/mol. The van der Waals surface area contributed by atoms with E-state index in [-0.39, 0.29) is 5.41 Å². The van der Waals surface area contributed by atoms with Crippen LogP contribution >= 0.6 is 0 Å². The number of hydrogen-bond donors (Lipinski definition) is 0. The first-order valence-corrected chi connectivity index (χ1v) is 23.3. The van der Waals surface area contributed by atoms with Crippen LogP contribution in [0.25, 0.3) is 99.9 Å². The zero-order valence-electron chi connectivity index (χ0n) is 37.7. The fourth-order valence-electron chi connectivity index (χ4n) is 10.7. The highest BCUT2D eigenvalue weighted by Gasteiger charge is 2.35. The van der Waals surface area contributed by atoms with Gasteiger partial charge in [0.2, 0.25) is 0 Å². The summed E-state index contributed by atoms with van der Waals surface area (Å²) in [5, 5.41) is 7.17. The first-order valence-electron chi connectivity index (χ1n) is 23.3. The van der Waals surface area contributed by atoms with Crippen molar-refractivity contribution < 1.29 is 0 Å². The topological polar surface area (TPSA) is 41.9 Å². The number of hydrogen-bond acceptors (Lipinski definition) is 4. The minimum atomic E-state index is -0.119. The molecule has 1 aliphatic carbocycles. The lowest BCUT2D eigenvalue weighted by atomic mass is 9.82. The number of nitrogens with zero attached hydrogens (tertiary/aromatic N) is 4. The van der Waals surface area contributed by atoms with Crippen LogP contribution in [0.2, 0.25) is 0 Å². The van der Waals surface area contributed by atoms with E-state index in [0.29, 0.717) is 17.5 Å². The Bertz CT molecular complexity index is 3790. The van der Waals surface area contributed by atoms with Gasteiger partial charge >= 0.3 is 0 Å². The Balaban J connectivity index is 0.923. The molecule has 0 atom stereocenters. The van der Waals surface area contributed by atoms with E-state index in [2.05, 4.69) is 213 Å². The normalized spacial score (nSPS) is 12.7. The molecule has 68 heavy (non-hydrogen) atoms. The lowest BCUT2D eigenvalue weighted by Gasteiger charge is -2.28. The molecule has 0 aliphatic heterocycles. The van der Waals surface area contributed by atoms with Gasteiger partial charge < -0.3 is 4.90 Å². The van der Waals surface area contributed by atoms with E-state index in [1.54, 1.807) is 0 Å². The number of fused-ring (bicyclic) bond motifs is 3. The molecular weight excluding hydrogens is 825 g/mol. The van der Waals surface area contributed by atoms with Crippen LogP contribution in [0.5, 0.6) is 0 Å². The molecule has 320 valence electrons. The summed E-state index contributed by atoms with van der Waals surface area (Å²) in [6.07, 6.45) is 0. The van der Waals surface area contributed by atoms with Crippen LogP contribution in [0, 0.1) is 0 Å². The molecule has 13 rings (SSSR count). The van der Waals surface area contributed by atoms with Gasteiger partial charge in [-0.2, -0.15) is 0 Å². The Morgan fingerprint density at radius 3 is 1.34 bits per heavy atom. The Morgan fingerprint density at radius 2 is 0.735 bits per heavy atom. The highest BCUT2D eigenvalue weighted by atomic mass is 15.1. The van der Waals surface area contributed by atoms with Crippen LogP contribution in [-0.4, -0.2) is 15.0 Å². The number of rotatable bonds is 8. The molecule has 12 aromatic rings. The molecule has 0 radical (unpaired) electrons. The van der Waals surface area contributed by atoms with E-state index < -0.39 is 0 Å². The predicted octanol–water partition coefficient (Wildman–Crippen LogP) is 16.9. The minimum absolute atomic E-state index is 0.119. The summed E-state index contributed by atoms with van der Waals surface area (Å²) < 4.78 is 0. The van der Waals surface area contributed by atoms with Crippen molar-refractivity contribution in [3.05, 3.63) is 242 Å². The molecule has 11 aromatic carbocycles. The molecule has 1 heterocycles. The van der Waals surface area contributed by atoms with Gasteiger partial charge in [0.25, 0.3) is 0 Å². The van der Waals surface area contributed by atoms with Crippen molar-refractivity contribution in [3.63, 3.8) is 0 Å². The van der Waals surface area contributed by atoms with E-state index in [9.17, 15) is 0 Å². The highest BCUT2D eigenvalue weighted by Crippen LogP contribution is 2.51. The third kappa shape index (κ3) is 6.48. The smallest absolute Gasteiger partial charge is 0.164 e. The van der Waals surface area contributed by atoms with Crippen molar-refractivity contribution in [1.82, 2.24) is 15.0 Å². The van der Waals surface area contributed by atoms with Crippen LogP contribution in [0.1, 0.15) is 25.0 Å². The number of benzene rings is 11. The van der Waals surface area contributed by atoms with Crippen LogP contribution in [0.4, 0.5) is 17.1 Å². The molecule has 0 saturated carbocycles. The van der Waals surface area contributed by atoms with E-state index >= 15 is 0 Å². The average Bonchev–Trinajstić information content (AvgIpc) is 3.64. The molecule has 0 saturated heterocycles. The van der Waals surface area contributed by atoms with Crippen molar-refractivity contribution in [2.75, 3.05) is 4.90 Å². The fourth-order valence-corrected chi connectivity index (χ4v) is 10.7. The molecule has 4 heteroatoms. The van der Waals surface area contributed by atoms with Crippen molar-refractivity contribution in [2.45, 2.75) is 19.3 Å². The van der Waals surface area contributed by atoms with E-state index in [1.807, 2.05) is 36.4 Å². The summed E-state index contributed by atoms with van der Waals surface area (Å²) in [6.45, 7) is 4.70. The Kier molecular flexibility index (Phi) is 9.16. The second-order valence-corrected chi connectivity index (χ2v) is 18.4. The largest absolute Gasteiger partial charge is 0.310 e. The van der Waals surface area contributed by atoms with Crippen molar-refractivity contribution in [3.8, 4) is 67.5 Å². The van der Waals surface area contributed by atoms with Crippen LogP contribution in [0.15, 0.2) is 231 Å². The van der Waals surface area contributed by atoms with Gasteiger partial charge in [-0.3, -0.25) is 0 Å². The maximum absolute atomic E-state index is 5.14. The van der Waals surface area contributed by atoms with Crippen molar-refractivity contribution >= 4 is 49.4 Å². The van der Waals surface area contributed by atoms with Crippen LogP contribution < -0.4 is 4.90 Å². The fraction of sp³-hybridized carbons (Fsp3) is 0.0469. The maximum Gasteiger partial charge on any atom is 0.164 e. The van der Waals surface area contributed by atoms with E-state index in [4.69, 9.17) is 15.0 Å². The molecule has 0 amide bonds. The van der Waals surface area contributed by atoms with E-state index in [1.165, 1.54) is 65.9 Å².